The number of aliphatic carboxylic acids is 1. The zero-order valence-electron chi connectivity index (χ0n) is 10.8. The second-order valence-electron chi connectivity index (χ2n) is 4.54. The standard InChI is InChI=1S/C15H17NO2S/c1-11-4-2-5-12(8-11)10-16-13(9-15(17)18)14-6-3-7-19-14/h2-8,13,16H,9-10H2,1H3,(H,17,18). The van der Waals surface area contributed by atoms with E-state index < -0.39 is 5.97 Å². The van der Waals surface area contributed by atoms with Crippen molar-refractivity contribution < 1.29 is 9.90 Å². The van der Waals surface area contributed by atoms with Crippen molar-refractivity contribution >= 4 is 17.3 Å². The van der Waals surface area contributed by atoms with E-state index in [4.69, 9.17) is 5.11 Å². The summed E-state index contributed by atoms with van der Waals surface area (Å²) in [7, 11) is 0. The van der Waals surface area contributed by atoms with Crippen LogP contribution in [0, 0.1) is 6.92 Å². The molecule has 100 valence electrons. The van der Waals surface area contributed by atoms with Crippen LogP contribution in [0.1, 0.15) is 28.5 Å². The summed E-state index contributed by atoms with van der Waals surface area (Å²) in [4.78, 5) is 12.0. The van der Waals surface area contributed by atoms with E-state index in [1.54, 1.807) is 11.3 Å². The lowest BCUT2D eigenvalue weighted by Crippen LogP contribution is -2.22. The summed E-state index contributed by atoms with van der Waals surface area (Å²) in [6.45, 7) is 2.73. The van der Waals surface area contributed by atoms with Crippen molar-refractivity contribution in [3.05, 3.63) is 57.8 Å². The minimum atomic E-state index is -0.782. The SMILES string of the molecule is Cc1cccc(CNC(CC(=O)O)c2cccs2)c1. The number of nitrogens with one attached hydrogen (secondary N) is 1. The van der Waals surface area contributed by atoms with Gasteiger partial charge in [-0.1, -0.05) is 35.9 Å². The summed E-state index contributed by atoms with van der Waals surface area (Å²) in [6.07, 6.45) is 0.104. The van der Waals surface area contributed by atoms with Gasteiger partial charge in [0.05, 0.1) is 12.5 Å². The molecule has 1 aromatic carbocycles. The second-order valence-corrected chi connectivity index (χ2v) is 5.52. The number of carboxylic acid groups (broad SMARTS) is 1. The third-order valence-corrected chi connectivity index (χ3v) is 3.89. The highest BCUT2D eigenvalue weighted by Gasteiger charge is 2.15. The lowest BCUT2D eigenvalue weighted by Gasteiger charge is -2.15. The maximum absolute atomic E-state index is 10.9. The van der Waals surface area contributed by atoms with E-state index in [0.717, 1.165) is 4.88 Å². The lowest BCUT2D eigenvalue weighted by atomic mass is 10.1. The molecular weight excluding hydrogens is 258 g/mol. The Kier molecular flexibility index (Phi) is 4.71. The van der Waals surface area contributed by atoms with E-state index in [-0.39, 0.29) is 12.5 Å². The van der Waals surface area contributed by atoms with Crippen LogP contribution in [0.2, 0.25) is 0 Å². The maximum Gasteiger partial charge on any atom is 0.305 e. The molecule has 3 nitrogen and oxygen atoms in total. The van der Waals surface area contributed by atoms with Crippen LogP contribution in [-0.2, 0) is 11.3 Å². The van der Waals surface area contributed by atoms with E-state index in [9.17, 15) is 4.79 Å². The summed E-state index contributed by atoms with van der Waals surface area (Å²) in [5.41, 5.74) is 2.39. The molecule has 2 N–H and O–H groups in total. The Hall–Kier alpha value is -1.65. The first kappa shape index (κ1) is 13.8. The number of thiophene rings is 1. The van der Waals surface area contributed by atoms with Crippen LogP contribution in [0.4, 0.5) is 0 Å². The predicted molar refractivity (Wildman–Crippen MR) is 77.3 cm³/mol. The topological polar surface area (TPSA) is 49.3 Å². The summed E-state index contributed by atoms with van der Waals surface area (Å²) >= 11 is 1.59. The molecular formula is C15H17NO2S. The Morgan fingerprint density at radius 3 is 2.84 bits per heavy atom. The molecule has 0 radical (unpaired) electrons. The van der Waals surface area contributed by atoms with Crippen LogP contribution in [0.5, 0.6) is 0 Å². The van der Waals surface area contributed by atoms with Crippen molar-refractivity contribution in [2.24, 2.45) is 0 Å². The fraction of sp³-hybridized carbons (Fsp3) is 0.267. The van der Waals surface area contributed by atoms with Gasteiger partial charge in [-0.15, -0.1) is 11.3 Å². The molecule has 0 saturated heterocycles. The molecule has 1 heterocycles. The third kappa shape index (κ3) is 4.19. The highest BCUT2D eigenvalue weighted by atomic mass is 32.1. The number of benzene rings is 1. The first-order valence-electron chi connectivity index (χ1n) is 6.19. The average Bonchev–Trinajstić information content (AvgIpc) is 2.88. The summed E-state index contributed by atoms with van der Waals surface area (Å²) in [5, 5.41) is 14.3. The van der Waals surface area contributed by atoms with E-state index in [2.05, 4.69) is 24.4 Å². The molecule has 2 aromatic rings. The van der Waals surface area contributed by atoms with Crippen LogP contribution in [0.3, 0.4) is 0 Å². The van der Waals surface area contributed by atoms with Crippen LogP contribution < -0.4 is 5.32 Å². The predicted octanol–water partition coefficient (Wildman–Crippen LogP) is 3.36. The first-order valence-corrected chi connectivity index (χ1v) is 7.07. The Bertz CT molecular complexity index is 537. The first-order chi connectivity index (χ1) is 9.15. The number of carbonyl (C=O) groups is 1. The molecule has 0 aliphatic heterocycles. The highest BCUT2D eigenvalue weighted by Crippen LogP contribution is 2.22. The van der Waals surface area contributed by atoms with Gasteiger partial charge in [-0.05, 0) is 23.9 Å². The van der Waals surface area contributed by atoms with Crippen LogP contribution in [0.15, 0.2) is 41.8 Å². The summed E-state index contributed by atoms with van der Waals surface area (Å²) in [5.74, 6) is -0.782. The molecule has 1 unspecified atom stereocenters. The minimum Gasteiger partial charge on any atom is -0.481 e. The molecule has 4 heteroatoms. The Labute approximate surface area is 116 Å². The van der Waals surface area contributed by atoms with Crippen molar-refractivity contribution in [2.75, 3.05) is 0 Å². The van der Waals surface area contributed by atoms with Gasteiger partial charge in [0.2, 0.25) is 0 Å². The van der Waals surface area contributed by atoms with Crippen LogP contribution in [-0.4, -0.2) is 11.1 Å². The zero-order valence-corrected chi connectivity index (χ0v) is 11.6. The quantitative estimate of drug-likeness (QED) is 0.850. The monoisotopic (exact) mass is 275 g/mol. The van der Waals surface area contributed by atoms with Gasteiger partial charge in [0.15, 0.2) is 0 Å². The smallest absolute Gasteiger partial charge is 0.305 e. The van der Waals surface area contributed by atoms with E-state index >= 15 is 0 Å². The highest BCUT2D eigenvalue weighted by molar-refractivity contribution is 7.10. The van der Waals surface area contributed by atoms with Gasteiger partial charge < -0.3 is 10.4 Å². The minimum absolute atomic E-state index is 0.104. The molecule has 0 saturated carbocycles. The largest absolute Gasteiger partial charge is 0.481 e. The molecule has 1 aromatic heterocycles. The average molecular weight is 275 g/mol. The normalized spacial score (nSPS) is 12.3. The Morgan fingerprint density at radius 2 is 2.21 bits per heavy atom. The fourth-order valence-electron chi connectivity index (χ4n) is 2.00. The van der Waals surface area contributed by atoms with Crippen molar-refractivity contribution in [1.29, 1.82) is 0 Å². The van der Waals surface area contributed by atoms with Gasteiger partial charge in [0.1, 0.15) is 0 Å². The van der Waals surface area contributed by atoms with Gasteiger partial charge in [-0.25, -0.2) is 0 Å². The number of carboxylic acids is 1. The lowest BCUT2D eigenvalue weighted by molar-refractivity contribution is -0.137. The van der Waals surface area contributed by atoms with Gasteiger partial charge >= 0.3 is 5.97 Å². The third-order valence-electron chi connectivity index (χ3n) is 2.90. The molecule has 0 bridgehead atoms. The van der Waals surface area contributed by atoms with Gasteiger partial charge in [0, 0.05) is 11.4 Å². The van der Waals surface area contributed by atoms with Crippen molar-refractivity contribution in [1.82, 2.24) is 5.32 Å². The van der Waals surface area contributed by atoms with Crippen LogP contribution in [0.25, 0.3) is 0 Å². The number of hydrogen-bond donors (Lipinski definition) is 2. The Morgan fingerprint density at radius 1 is 1.37 bits per heavy atom. The van der Waals surface area contributed by atoms with Gasteiger partial charge in [-0.3, -0.25) is 4.79 Å². The van der Waals surface area contributed by atoms with Crippen molar-refractivity contribution in [2.45, 2.75) is 25.9 Å². The molecule has 1 atom stereocenters. The Balaban J connectivity index is 2.02. The number of rotatable bonds is 6. The van der Waals surface area contributed by atoms with E-state index in [0.29, 0.717) is 6.54 Å². The van der Waals surface area contributed by atoms with Crippen molar-refractivity contribution in [3.63, 3.8) is 0 Å². The second kappa shape index (κ2) is 6.50. The van der Waals surface area contributed by atoms with Crippen LogP contribution >= 0.6 is 11.3 Å². The molecule has 19 heavy (non-hydrogen) atoms. The molecule has 2 rings (SSSR count). The molecule has 0 aliphatic rings. The number of hydrogen-bond acceptors (Lipinski definition) is 3. The zero-order chi connectivity index (χ0) is 13.7. The maximum atomic E-state index is 10.9. The summed E-state index contributed by atoms with van der Waals surface area (Å²) < 4.78 is 0. The molecule has 0 aliphatic carbocycles. The molecule has 0 spiro atoms. The van der Waals surface area contributed by atoms with Crippen molar-refractivity contribution in [3.8, 4) is 0 Å². The van der Waals surface area contributed by atoms with Gasteiger partial charge in [-0.2, -0.15) is 0 Å². The van der Waals surface area contributed by atoms with E-state index in [1.807, 2.05) is 29.6 Å². The number of aryl methyl sites for hydroxylation is 1. The van der Waals surface area contributed by atoms with E-state index in [1.165, 1.54) is 11.1 Å². The fourth-order valence-corrected chi connectivity index (χ4v) is 2.80. The molecule has 0 fully saturated rings. The van der Waals surface area contributed by atoms with Gasteiger partial charge in [0.25, 0.3) is 0 Å². The molecule has 0 amide bonds. The summed E-state index contributed by atoms with van der Waals surface area (Å²) in [6, 6.07) is 12.0.